The van der Waals surface area contributed by atoms with E-state index in [1.165, 1.54) is 6.92 Å². The van der Waals surface area contributed by atoms with E-state index in [0.717, 1.165) is 0 Å². The van der Waals surface area contributed by atoms with Gasteiger partial charge in [0.05, 0.1) is 0 Å². The topological polar surface area (TPSA) is 104 Å². The molecule has 0 bridgehead atoms. The molecule has 0 aromatic heterocycles. The fraction of sp³-hybridized carbons (Fsp3) is 0.714. The van der Waals surface area contributed by atoms with E-state index in [1.807, 2.05) is 0 Å². The molecule has 0 saturated heterocycles. The Morgan fingerprint density at radius 2 is 2.15 bits per heavy atom. The van der Waals surface area contributed by atoms with Crippen molar-refractivity contribution in [3.05, 3.63) is 0 Å². The highest BCUT2D eigenvalue weighted by molar-refractivity contribution is 5.86. The Morgan fingerprint density at radius 1 is 1.54 bits per heavy atom. The van der Waals surface area contributed by atoms with E-state index in [-0.39, 0.29) is 12.5 Å². The second-order valence-corrected chi connectivity index (χ2v) is 2.60. The average molecular weight is 189 g/mol. The zero-order valence-electron chi connectivity index (χ0n) is 7.54. The predicted molar refractivity (Wildman–Crippen MR) is 46.9 cm³/mol. The maximum atomic E-state index is 11.1. The minimum atomic E-state index is -0.732. The number of hydrogen-bond acceptors (Lipinski definition) is 3. The highest BCUT2D eigenvalue weighted by Crippen LogP contribution is 1.81. The summed E-state index contributed by atoms with van der Waals surface area (Å²) in [7, 11) is 0. The van der Waals surface area contributed by atoms with Crippen LogP contribution < -0.4 is 16.4 Å². The number of primary amides is 1. The van der Waals surface area contributed by atoms with E-state index in [0.29, 0.717) is 13.0 Å². The maximum Gasteiger partial charge on any atom is 0.312 e. The van der Waals surface area contributed by atoms with Gasteiger partial charge in [-0.3, -0.25) is 4.79 Å². The lowest BCUT2D eigenvalue weighted by molar-refractivity contribution is -0.122. The van der Waals surface area contributed by atoms with E-state index in [2.05, 4.69) is 10.6 Å². The van der Waals surface area contributed by atoms with Gasteiger partial charge in [0.15, 0.2) is 0 Å². The summed E-state index contributed by atoms with van der Waals surface area (Å²) in [4.78, 5) is 21.4. The third-order valence-corrected chi connectivity index (χ3v) is 1.39. The minimum Gasteiger partial charge on any atom is -0.396 e. The SMILES string of the molecule is CC(NC(N)=O)C(=O)NCCCO. The van der Waals surface area contributed by atoms with E-state index < -0.39 is 12.1 Å². The van der Waals surface area contributed by atoms with Gasteiger partial charge < -0.3 is 21.5 Å². The summed E-state index contributed by atoms with van der Waals surface area (Å²) in [6.45, 7) is 1.94. The van der Waals surface area contributed by atoms with Crippen LogP contribution in [0.5, 0.6) is 0 Å². The lowest BCUT2D eigenvalue weighted by Crippen LogP contribution is -2.47. The van der Waals surface area contributed by atoms with Gasteiger partial charge >= 0.3 is 6.03 Å². The van der Waals surface area contributed by atoms with Crippen molar-refractivity contribution in [2.24, 2.45) is 5.73 Å². The molecule has 0 aromatic rings. The Labute approximate surface area is 76.5 Å². The summed E-state index contributed by atoms with van der Waals surface area (Å²) >= 11 is 0. The maximum absolute atomic E-state index is 11.1. The molecule has 0 spiro atoms. The molecule has 0 aliphatic heterocycles. The molecule has 0 aromatic carbocycles. The number of carbonyl (C=O) groups excluding carboxylic acids is 2. The summed E-state index contributed by atoms with van der Waals surface area (Å²) in [6.07, 6.45) is 0.495. The van der Waals surface area contributed by atoms with Gasteiger partial charge in [0, 0.05) is 13.2 Å². The summed E-state index contributed by atoms with van der Waals surface area (Å²) in [5.41, 5.74) is 4.82. The van der Waals surface area contributed by atoms with Crippen LogP contribution in [-0.4, -0.2) is 36.2 Å². The Hall–Kier alpha value is -1.30. The van der Waals surface area contributed by atoms with E-state index in [4.69, 9.17) is 10.8 Å². The predicted octanol–water partition coefficient (Wildman–Crippen LogP) is -1.46. The highest BCUT2D eigenvalue weighted by atomic mass is 16.3. The Morgan fingerprint density at radius 3 is 2.62 bits per heavy atom. The first-order valence-corrected chi connectivity index (χ1v) is 4.02. The van der Waals surface area contributed by atoms with Crippen LogP contribution in [0, 0.1) is 0 Å². The van der Waals surface area contributed by atoms with Crippen molar-refractivity contribution in [2.75, 3.05) is 13.2 Å². The molecular weight excluding hydrogens is 174 g/mol. The Balaban J connectivity index is 3.63. The number of urea groups is 1. The molecule has 0 radical (unpaired) electrons. The minimum absolute atomic E-state index is 0.0257. The molecular formula is C7H15N3O3. The Kier molecular flexibility index (Phi) is 5.62. The third-order valence-electron chi connectivity index (χ3n) is 1.39. The monoisotopic (exact) mass is 189 g/mol. The molecule has 0 saturated carbocycles. The molecule has 6 heteroatoms. The van der Waals surface area contributed by atoms with Gasteiger partial charge in [-0.1, -0.05) is 0 Å². The van der Waals surface area contributed by atoms with Crippen LogP contribution in [-0.2, 0) is 4.79 Å². The number of aliphatic hydroxyl groups excluding tert-OH is 1. The quantitative estimate of drug-likeness (QED) is 0.397. The third kappa shape index (κ3) is 5.92. The smallest absolute Gasteiger partial charge is 0.312 e. The van der Waals surface area contributed by atoms with Crippen molar-refractivity contribution in [3.63, 3.8) is 0 Å². The highest BCUT2D eigenvalue weighted by Gasteiger charge is 2.12. The van der Waals surface area contributed by atoms with Gasteiger partial charge in [-0.05, 0) is 13.3 Å². The number of amides is 3. The van der Waals surface area contributed by atoms with Gasteiger partial charge in [-0.2, -0.15) is 0 Å². The van der Waals surface area contributed by atoms with E-state index >= 15 is 0 Å². The van der Waals surface area contributed by atoms with Crippen LogP contribution in [0.15, 0.2) is 0 Å². The first kappa shape index (κ1) is 11.7. The second-order valence-electron chi connectivity index (χ2n) is 2.60. The van der Waals surface area contributed by atoms with Gasteiger partial charge in [-0.25, -0.2) is 4.79 Å². The molecule has 0 aliphatic carbocycles. The summed E-state index contributed by atoms with van der Waals surface area (Å²) in [5, 5.41) is 13.2. The molecule has 5 N–H and O–H groups in total. The summed E-state index contributed by atoms with van der Waals surface area (Å²) in [5.74, 6) is -0.313. The molecule has 1 atom stereocenters. The van der Waals surface area contributed by atoms with E-state index in [9.17, 15) is 9.59 Å². The van der Waals surface area contributed by atoms with Crippen molar-refractivity contribution in [2.45, 2.75) is 19.4 Å². The van der Waals surface area contributed by atoms with Crippen LogP contribution in [0.25, 0.3) is 0 Å². The fourth-order valence-corrected chi connectivity index (χ4v) is 0.723. The standard InChI is InChI=1S/C7H15N3O3/c1-5(10-7(8)13)6(12)9-3-2-4-11/h5,11H,2-4H2,1H3,(H,9,12)(H3,8,10,13). The summed E-state index contributed by atoms with van der Waals surface area (Å²) in [6, 6.07) is -1.37. The number of nitrogens with one attached hydrogen (secondary N) is 2. The van der Waals surface area contributed by atoms with E-state index in [1.54, 1.807) is 0 Å². The molecule has 76 valence electrons. The second kappa shape index (κ2) is 6.24. The number of hydrogen-bond donors (Lipinski definition) is 4. The molecule has 3 amide bonds. The van der Waals surface area contributed by atoms with Gasteiger partial charge in [0.2, 0.25) is 5.91 Å². The lowest BCUT2D eigenvalue weighted by atomic mass is 10.3. The first-order chi connectivity index (χ1) is 6.07. The van der Waals surface area contributed by atoms with Crippen molar-refractivity contribution >= 4 is 11.9 Å². The number of aliphatic hydroxyl groups is 1. The van der Waals surface area contributed by atoms with Gasteiger partial charge in [-0.15, -0.1) is 0 Å². The molecule has 0 aliphatic rings. The van der Waals surface area contributed by atoms with Crippen LogP contribution in [0.1, 0.15) is 13.3 Å². The van der Waals surface area contributed by atoms with Gasteiger partial charge in [0.1, 0.15) is 6.04 Å². The van der Waals surface area contributed by atoms with Crippen molar-refractivity contribution in [1.82, 2.24) is 10.6 Å². The van der Waals surface area contributed by atoms with Crippen molar-refractivity contribution in [1.29, 1.82) is 0 Å². The van der Waals surface area contributed by atoms with Crippen molar-refractivity contribution < 1.29 is 14.7 Å². The summed E-state index contributed by atoms with van der Waals surface area (Å²) < 4.78 is 0. The zero-order chi connectivity index (χ0) is 10.3. The fourth-order valence-electron chi connectivity index (χ4n) is 0.723. The largest absolute Gasteiger partial charge is 0.396 e. The average Bonchev–Trinajstić information content (AvgIpc) is 2.03. The molecule has 0 rings (SSSR count). The first-order valence-electron chi connectivity index (χ1n) is 4.02. The zero-order valence-corrected chi connectivity index (χ0v) is 7.54. The molecule has 1 unspecified atom stereocenters. The molecule has 6 nitrogen and oxygen atoms in total. The molecule has 0 heterocycles. The molecule has 0 fully saturated rings. The molecule has 13 heavy (non-hydrogen) atoms. The van der Waals surface area contributed by atoms with Crippen LogP contribution in [0.2, 0.25) is 0 Å². The number of carbonyl (C=O) groups is 2. The van der Waals surface area contributed by atoms with Gasteiger partial charge in [0.25, 0.3) is 0 Å². The van der Waals surface area contributed by atoms with Crippen LogP contribution >= 0.6 is 0 Å². The van der Waals surface area contributed by atoms with Crippen molar-refractivity contribution in [3.8, 4) is 0 Å². The number of nitrogens with two attached hydrogens (primary N) is 1. The normalized spacial score (nSPS) is 11.8. The Bertz CT molecular complexity index is 184. The van der Waals surface area contributed by atoms with Crippen LogP contribution in [0.3, 0.4) is 0 Å². The lowest BCUT2D eigenvalue weighted by Gasteiger charge is -2.11. The van der Waals surface area contributed by atoms with Crippen LogP contribution in [0.4, 0.5) is 4.79 Å². The number of rotatable bonds is 5.